The molecule has 0 radical (unpaired) electrons. The van der Waals surface area contributed by atoms with Crippen LogP contribution < -0.4 is 16.6 Å². The van der Waals surface area contributed by atoms with Crippen molar-refractivity contribution < 1.29 is 9.18 Å². The molecule has 0 bridgehead atoms. The molecule has 0 aliphatic carbocycles. The van der Waals surface area contributed by atoms with E-state index in [1.807, 2.05) is 24.3 Å². The number of anilines is 1. The van der Waals surface area contributed by atoms with Crippen molar-refractivity contribution in [2.24, 2.45) is 5.84 Å². The Hall–Kier alpha value is -2.40. The lowest BCUT2D eigenvalue weighted by Crippen LogP contribution is -2.25. The molecule has 0 fully saturated rings. The second-order valence-corrected chi connectivity index (χ2v) is 4.61. The molecular formula is C16H18FN3O. The van der Waals surface area contributed by atoms with Crippen LogP contribution in [0.2, 0.25) is 0 Å². The van der Waals surface area contributed by atoms with E-state index in [0.717, 1.165) is 12.0 Å². The van der Waals surface area contributed by atoms with E-state index in [1.54, 1.807) is 0 Å². The van der Waals surface area contributed by atoms with Crippen molar-refractivity contribution >= 4 is 11.6 Å². The van der Waals surface area contributed by atoms with Crippen molar-refractivity contribution in [2.45, 2.75) is 19.9 Å². The van der Waals surface area contributed by atoms with Crippen LogP contribution in [0.4, 0.5) is 10.1 Å². The molecule has 110 valence electrons. The summed E-state index contributed by atoms with van der Waals surface area (Å²) in [6, 6.07) is 12.1. The van der Waals surface area contributed by atoms with Gasteiger partial charge >= 0.3 is 0 Å². The van der Waals surface area contributed by atoms with Crippen LogP contribution in [0.3, 0.4) is 0 Å². The van der Waals surface area contributed by atoms with Gasteiger partial charge in [0.15, 0.2) is 0 Å². The highest BCUT2D eigenvalue weighted by Gasteiger charge is 2.14. The maximum absolute atomic E-state index is 13.6. The zero-order valence-electron chi connectivity index (χ0n) is 11.8. The van der Waals surface area contributed by atoms with Crippen LogP contribution in [-0.2, 0) is 13.0 Å². The summed E-state index contributed by atoms with van der Waals surface area (Å²) in [7, 11) is 0. The Morgan fingerprint density at radius 3 is 2.52 bits per heavy atom. The lowest BCUT2D eigenvalue weighted by Gasteiger charge is -2.12. The van der Waals surface area contributed by atoms with Crippen LogP contribution in [0.15, 0.2) is 42.5 Å². The number of benzene rings is 2. The second kappa shape index (κ2) is 6.85. The van der Waals surface area contributed by atoms with Crippen molar-refractivity contribution in [3.8, 4) is 0 Å². The van der Waals surface area contributed by atoms with Crippen molar-refractivity contribution in [1.82, 2.24) is 5.32 Å². The number of hydrogen-bond donors (Lipinski definition) is 3. The predicted octanol–water partition coefficient (Wildman–Crippen LogP) is 2.60. The summed E-state index contributed by atoms with van der Waals surface area (Å²) < 4.78 is 13.6. The average Bonchev–Trinajstić information content (AvgIpc) is 2.52. The van der Waals surface area contributed by atoms with Gasteiger partial charge in [-0.05, 0) is 29.7 Å². The van der Waals surface area contributed by atoms with E-state index in [2.05, 4.69) is 17.7 Å². The number of nitrogen functional groups attached to an aromatic ring is 1. The minimum atomic E-state index is -0.556. The predicted molar refractivity (Wildman–Crippen MR) is 81.2 cm³/mol. The first-order chi connectivity index (χ1) is 10.2. The van der Waals surface area contributed by atoms with Crippen LogP contribution in [-0.4, -0.2) is 5.91 Å². The Labute approximate surface area is 123 Å². The van der Waals surface area contributed by atoms with Gasteiger partial charge in [-0.25, -0.2) is 4.39 Å². The van der Waals surface area contributed by atoms with Crippen molar-refractivity contribution in [2.75, 3.05) is 5.43 Å². The van der Waals surface area contributed by atoms with Gasteiger partial charge in [0.2, 0.25) is 0 Å². The minimum absolute atomic E-state index is 0.00113. The maximum Gasteiger partial charge on any atom is 0.253 e. The van der Waals surface area contributed by atoms with E-state index in [0.29, 0.717) is 6.54 Å². The van der Waals surface area contributed by atoms with Crippen LogP contribution in [0.25, 0.3) is 0 Å². The highest BCUT2D eigenvalue weighted by atomic mass is 19.1. The van der Waals surface area contributed by atoms with Gasteiger partial charge in [0.25, 0.3) is 5.91 Å². The van der Waals surface area contributed by atoms with Gasteiger partial charge in [-0.15, -0.1) is 0 Å². The number of nitrogens with one attached hydrogen (secondary N) is 2. The van der Waals surface area contributed by atoms with Gasteiger partial charge in [-0.3, -0.25) is 10.6 Å². The molecule has 0 saturated carbocycles. The summed E-state index contributed by atoms with van der Waals surface area (Å²) in [5.41, 5.74) is 4.64. The molecule has 2 aromatic rings. The molecular weight excluding hydrogens is 269 g/mol. The maximum atomic E-state index is 13.6. The van der Waals surface area contributed by atoms with E-state index in [4.69, 9.17) is 5.84 Å². The zero-order chi connectivity index (χ0) is 15.2. The number of carbonyl (C=O) groups excluding carboxylic acids is 1. The molecule has 0 unspecified atom stereocenters. The Morgan fingerprint density at radius 2 is 1.86 bits per heavy atom. The van der Waals surface area contributed by atoms with Gasteiger partial charge in [-0.2, -0.15) is 0 Å². The monoisotopic (exact) mass is 287 g/mol. The van der Waals surface area contributed by atoms with Crippen molar-refractivity contribution in [3.05, 3.63) is 65.0 Å². The quantitative estimate of drug-likeness (QED) is 0.585. The third-order valence-corrected chi connectivity index (χ3v) is 3.34. The summed E-state index contributed by atoms with van der Waals surface area (Å²) in [5.74, 6) is 4.35. The number of halogens is 1. The lowest BCUT2D eigenvalue weighted by atomic mass is 10.1. The summed E-state index contributed by atoms with van der Waals surface area (Å²) in [6.45, 7) is 2.45. The number of rotatable bonds is 5. The van der Waals surface area contributed by atoms with E-state index < -0.39 is 5.82 Å². The van der Waals surface area contributed by atoms with Gasteiger partial charge in [0.1, 0.15) is 5.82 Å². The molecule has 2 aromatic carbocycles. The van der Waals surface area contributed by atoms with E-state index in [-0.39, 0.29) is 17.2 Å². The molecule has 5 heteroatoms. The van der Waals surface area contributed by atoms with E-state index in [9.17, 15) is 9.18 Å². The molecule has 0 atom stereocenters. The molecule has 4 nitrogen and oxygen atoms in total. The Bertz CT molecular complexity index is 643. The van der Waals surface area contributed by atoms with E-state index in [1.165, 1.54) is 23.8 Å². The number of para-hydroxylation sites is 1. The van der Waals surface area contributed by atoms with E-state index >= 15 is 0 Å². The van der Waals surface area contributed by atoms with Crippen LogP contribution in [0.1, 0.15) is 28.4 Å². The fourth-order valence-corrected chi connectivity index (χ4v) is 2.21. The minimum Gasteiger partial charge on any atom is -0.348 e. The fraction of sp³-hybridized carbons (Fsp3) is 0.188. The van der Waals surface area contributed by atoms with Gasteiger partial charge in [0, 0.05) is 6.54 Å². The number of carbonyl (C=O) groups is 1. The second-order valence-electron chi connectivity index (χ2n) is 4.61. The standard InChI is InChI=1S/C16H18FN3O/c1-2-11-6-3-4-7-12(11)10-19-16(21)13-8-5-9-14(17)15(13)20-18/h3-9,20H,2,10,18H2,1H3,(H,19,21). The molecule has 4 N–H and O–H groups in total. The molecule has 0 heterocycles. The molecule has 0 spiro atoms. The van der Waals surface area contributed by atoms with Gasteiger partial charge in [-0.1, -0.05) is 37.3 Å². The SMILES string of the molecule is CCc1ccccc1CNC(=O)c1cccc(F)c1NN. The highest BCUT2D eigenvalue weighted by Crippen LogP contribution is 2.18. The zero-order valence-corrected chi connectivity index (χ0v) is 11.8. The summed E-state index contributed by atoms with van der Waals surface area (Å²) in [5, 5.41) is 2.79. The largest absolute Gasteiger partial charge is 0.348 e. The number of amides is 1. The summed E-state index contributed by atoms with van der Waals surface area (Å²) >= 11 is 0. The third-order valence-electron chi connectivity index (χ3n) is 3.34. The van der Waals surface area contributed by atoms with Crippen molar-refractivity contribution in [1.29, 1.82) is 0 Å². The molecule has 0 aliphatic heterocycles. The first-order valence-electron chi connectivity index (χ1n) is 6.77. The Balaban J connectivity index is 2.14. The van der Waals surface area contributed by atoms with Gasteiger partial charge < -0.3 is 10.7 Å². The number of hydrazine groups is 1. The summed E-state index contributed by atoms with van der Waals surface area (Å²) in [4.78, 5) is 12.2. The van der Waals surface area contributed by atoms with Crippen LogP contribution >= 0.6 is 0 Å². The van der Waals surface area contributed by atoms with Gasteiger partial charge in [0.05, 0.1) is 11.3 Å². The van der Waals surface area contributed by atoms with Crippen LogP contribution in [0.5, 0.6) is 0 Å². The molecule has 0 saturated heterocycles. The topological polar surface area (TPSA) is 67.2 Å². The average molecular weight is 287 g/mol. The normalized spacial score (nSPS) is 10.2. The highest BCUT2D eigenvalue weighted by molar-refractivity contribution is 5.99. The molecule has 0 aromatic heterocycles. The van der Waals surface area contributed by atoms with Crippen molar-refractivity contribution in [3.63, 3.8) is 0 Å². The molecule has 0 aliphatic rings. The first-order valence-corrected chi connectivity index (χ1v) is 6.77. The summed E-state index contributed by atoms with van der Waals surface area (Å²) in [6.07, 6.45) is 0.890. The third kappa shape index (κ3) is 3.38. The number of aryl methyl sites for hydroxylation is 1. The fourth-order valence-electron chi connectivity index (χ4n) is 2.21. The van der Waals surface area contributed by atoms with Crippen LogP contribution in [0, 0.1) is 5.82 Å². The Kier molecular flexibility index (Phi) is 4.90. The first kappa shape index (κ1) is 15.0. The molecule has 21 heavy (non-hydrogen) atoms. The number of hydrogen-bond acceptors (Lipinski definition) is 3. The molecule has 1 amide bonds. The lowest BCUT2D eigenvalue weighted by molar-refractivity contribution is 0.0951. The smallest absolute Gasteiger partial charge is 0.253 e. The number of nitrogens with two attached hydrogens (primary N) is 1. The Morgan fingerprint density at radius 1 is 1.14 bits per heavy atom. The molecule has 2 rings (SSSR count).